The molecule has 0 fully saturated rings. The zero-order valence-corrected chi connectivity index (χ0v) is 33.5. The molecule has 1 heterocycles. The molecule has 2 heteroatoms. The molecule has 0 saturated heterocycles. The molecule has 11 aromatic carbocycles. The van der Waals surface area contributed by atoms with Gasteiger partial charge in [-0.1, -0.05) is 170 Å². The van der Waals surface area contributed by atoms with Crippen molar-refractivity contribution in [2.75, 3.05) is 4.90 Å². The topological polar surface area (TPSA) is 3.24 Å². The van der Waals surface area contributed by atoms with Crippen LogP contribution in [0.2, 0.25) is 0 Å². The molecule has 0 bridgehead atoms. The summed E-state index contributed by atoms with van der Waals surface area (Å²) in [4.78, 5) is 2.48. The highest BCUT2D eigenvalue weighted by atomic mass is 32.1. The Morgan fingerprint density at radius 2 is 0.750 bits per heavy atom. The van der Waals surface area contributed by atoms with Crippen LogP contribution in [-0.2, 0) is 0 Å². The molecule has 1 aromatic heterocycles. The number of fused-ring (bicyclic) bond motifs is 9. The molecule has 0 radical (unpaired) electrons. The summed E-state index contributed by atoms with van der Waals surface area (Å²) in [5.74, 6) is 0. The van der Waals surface area contributed by atoms with Gasteiger partial charge in [-0.2, -0.15) is 0 Å². The summed E-state index contributed by atoms with van der Waals surface area (Å²) in [5.41, 5.74) is 10.5. The SMILES string of the molecule is c1ccc(-c2ccc(-c3cc4ccccc4c4ccccc34)cc2N(c2ccc(-c3cc4ccccc4c4ccccc34)cc2)c2ccc3sc4ccccc4c3c2)cc1. The number of hydrogen-bond acceptors (Lipinski definition) is 2. The summed E-state index contributed by atoms with van der Waals surface area (Å²) in [6.07, 6.45) is 0. The Balaban J connectivity index is 1.11. The third-order valence-corrected chi connectivity index (χ3v) is 13.4. The van der Waals surface area contributed by atoms with Gasteiger partial charge in [-0.3, -0.25) is 0 Å². The minimum atomic E-state index is 1.10. The Morgan fingerprint density at radius 1 is 0.267 bits per heavy atom. The quantitative estimate of drug-likeness (QED) is 0.152. The van der Waals surface area contributed by atoms with E-state index in [2.05, 4.69) is 229 Å². The second kappa shape index (κ2) is 14.1. The monoisotopic (exact) mass is 779 g/mol. The van der Waals surface area contributed by atoms with Crippen molar-refractivity contribution in [3.05, 3.63) is 224 Å². The Labute approximate surface area is 352 Å². The maximum atomic E-state index is 2.48. The Morgan fingerprint density at radius 3 is 1.42 bits per heavy atom. The van der Waals surface area contributed by atoms with Gasteiger partial charge in [-0.15, -0.1) is 11.3 Å². The molecule has 0 amide bonds. The average Bonchev–Trinajstić information content (AvgIpc) is 3.70. The number of rotatable bonds is 6. The predicted octanol–water partition coefficient (Wildman–Crippen LogP) is 17.1. The van der Waals surface area contributed by atoms with Crippen LogP contribution >= 0.6 is 11.3 Å². The third-order valence-electron chi connectivity index (χ3n) is 12.2. The smallest absolute Gasteiger partial charge is 0.0546 e. The van der Waals surface area contributed by atoms with Crippen molar-refractivity contribution in [3.63, 3.8) is 0 Å². The Bertz CT molecular complexity index is 3600. The molecular formula is C58H37NS. The van der Waals surface area contributed by atoms with E-state index in [1.165, 1.54) is 96.6 Å². The van der Waals surface area contributed by atoms with E-state index in [-0.39, 0.29) is 0 Å². The van der Waals surface area contributed by atoms with Gasteiger partial charge in [0, 0.05) is 37.1 Å². The zero-order chi connectivity index (χ0) is 39.6. The van der Waals surface area contributed by atoms with Crippen molar-refractivity contribution >= 4 is 91.7 Å². The maximum Gasteiger partial charge on any atom is 0.0546 e. The van der Waals surface area contributed by atoms with Crippen LogP contribution in [0.25, 0.3) is 96.6 Å². The standard InChI is InChI=1S/C58H37NS/c1-2-14-38(15-3-1)47-32-28-42(54-35-41-17-5-7-19-46(41)49-21-9-11-23-51(49)54)36-56(47)59(44-31-33-58-55(37-44)52-24-12-13-25-57(52)60-58)43-29-26-39(27-30-43)53-34-40-16-4-6-18-45(40)48-20-8-10-22-50(48)53/h1-37H. The lowest BCUT2D eigenvalue weighted by atomic mass is 9.91. The summed E-state index contributed by atoms with van der Waals surface area (Å²) in [7, 11) is 0. The molecule has 0 aliphatic rings. The predicted molar refractivity (Wildman–Crippen MR) is 260 cm³/mol. The largest absolute Gasteiger partial charge is 0.310 e. The van der Waals surface area contributed by atoms with Gasteiger partial charge in [-0.05, 0) is 126 Å². The molecule has 0 aliphatic heterocycles. The number of nitrogens with zero attached hydrogens (tertiary/aromatic N) is 1. The first-order valence-electron chi connectivity index (χ1n) is 20.6. The van der Waals surface area contributed by atoms with Gasteiger partial charge in [0.15, 0.2) is 0 Å². The van der Waals surface area contributed by atoms with E-state index in [1.54, 1.807) is 0 Å². The first-order chi connectivity index (χ1) is 29.7. The van der Waals surface area contributed by atoms with Gasteiger partial charge in [0.1, 0.15) is 0 Å². The second-order valence-electron chi connectivity index (χ2n) is 15.6. The van der Waals surface area contributed by atoms with Crippen LogP contribution < -0.4 is 4.90 Å². The maximum absolute atomic E-state index is 2.48. The highest BCUT2D eigenvalue weighted by molar-refractivity contribution is 7.25. The van der Waals surface area contributed by atoms with Crippen LogP contribution in [0.5, 0.6) is 0 Å². The second-order valence-corrected chi connectivity index (χ2v) is 16.7. The van der Waals surface area contributed by atoms with Gasteiger partial charge in [0.05, 0.1) is 5.69 Å². The molecule has 0 spiro atoms. The minimum Gasteiger partial charge on any atom is -0.310 e. The molecule has 60 heavy (non-hydrogen) atoms. The van der Waals surface area contributed by atoms with E-state index in [0.29, 0.717) is 0 Å². The van der Waals surface area contributed by atoms with E-state index in [9.17, 15) is 0 Å². The van der Waals surface area contributed by atoms with Gasteiger partial charge in [0.2, 0.25) is 0 Å². The van der Waals surface area contributed by atoms with Crippen molar-refractivity contribution in [1.29, 1.82) is 0 Å². The van der Waals surface area contributed by atoms with E-state index in [1.807, 2.05) is 11.3 Å². The fourth-order valence-corrected chi connectivity index (χ4v) is 10.5. The summed E-state index contributed by atoms with van der Waals surface area (Å²) in [6, 6.07) is 82.7. The van der Waals surface area contributed by atoms with Gasteiger partial charge >= 0.3 is 0 Å². The van der Waals surface area contributed by atoms with E-state index in [4.69, 9.17) is 0 Å². The van der Waals surface area contributed by atoms with Crippen molar-refractivity contribution in [3.8, 4) is 33.4 Å². The minimum absolute atomic E-state index is 1.10. The Kier molecular flexibility index (Phi) is 8.11. The van der Waals surface area contributed by atoms with Gasteiger partial charge in [0.25, 0.3) is 0 Å². The first kappa shape index (κ1) is 34.5. The number of anilines is 3. The van der Waals surface area contributed by atoms with Crippen molar-refractivity contribution in [2.24, 2.45) is 0 Å². The molecule has 280 valence electrons. The van der Waals surface area contributed by atoms with Crippen LogP contribution in [-0.4, -0.2) is 0 Å². The average molecular weight is 780 g/mol. The van der Waals surface area contributed by atoms with Crippen LogP contribution in [0.4, 0.5) is 17.1 Å². The van der Waals surface area contributed by atoms with Gasteiger partial charge < -0.3 is 4.90 Å². The third kappa shape index (κ3) is 5.68. The molecule has 0 N–H and O–H groups in total. The molecule has 12 rings (SSSR count). The zero-order valence-electron chi connectivity index (χ0n) is 32.7. The summed E-state index contributed by atoms with van der Waals surface area (Å²) < 4.78 is 2.59. The van der Waals surface area contributed by atoms with E-state index >= 15 is 0 Å². The van der Waals surface area contributed by atoms with Gasteiger partial charge in [-0.25, -0.2) is 0 Å². The van der Waals surface area contributed by atoms with Crippen molar-refractivity contribution < 1.29 is 0 Å². The summed E-state index contributed by atoms with van der Waals surface area (Å²) in [6.45, 7) is 0. The van der Waals surface area contributed by atoms with Crippen molar-refractivity contribution in [1.82, 2.24) is 0 Å². The lowest BCUT2D eigenvalue weighted by Gasteiger charge is -2.29. The highest BCUT2D eigenvalue weighted by Crippen LogP contribution is 2.47. The Hall–Kier alpha value is -7.52. The summed E-state index contributed by atoms with van der Waals surface area (Å²) in [5, 5.41) is 12.7. The fourth-order valence-electron chi connectivity index (χ4n) is 9.40. The fraction of sp³-hybridized carbons (Fsp3) is 0. The van der Waals surface area contributed by atoms with Crippen LogP contribution in [0.1, 0.15) is 0 Å². The first-order valence-corrected chi connectivity index (χ1v) is 21.4. The van der Waals surface area contributed by atoms with E-state index in [0.717, 1.165) is 17.1 Å². The summed E-state index contributed by atoms with van der Waals surface area (Å²) >= 11 is 1.86. The van der Waals surface area contributed by atoms with Crippen molar-refractivity contribution in [2.45, 2.75) is 0 Å². The molecule has 12 aromatic rings. The lowest BCUT2D eigenvalue weighted by Crippen LogP contribution is -2.11. The lowest BCUT2D eigenvalue weighted by molar-refractivity contribution is 1.29. The number of benzene rings is 11. The van der Waals surface area contributed by atoms with Crippen LogP contribution in [0.3, 0.4) is 0 Å². The molecule has 0 saturated carbocycles. The van der Waals surface area contributed by atoms with E-state index < -0.39 is 0 Å². The molecule has 0 aliphatic carbocycles. The molecular weight excluding hydrogens is 743 g/mol. The van der Waals surface area contributed by atoms with Crippen LogP contribution in [0.15, 0.2) is 224 Å². The molecule has 0 atom stereocenters. The highest BCUT2D eigenvalue weighted by Gasteiger charge is 2.21. The van der Waals surface area contributed by atoms with Crippen LogP contribution in [0, 0.1) is 0 Å². The molecule has 0 unspecified atom stereocenters. The molecule has 1 nitrogen and oxygen atoms in total. The number of hydrogen-bond donors (Lipinski definition) is 0. The normalized spacial score (nSPS) is 11.7. The number of thiophene rings is 1.